The van der Waals surface area contributed by atoms with Gasteiger partial charge in [0.05, 0.1) is 25.9 Å². The van der Waals surface area contributed by atoms with Crippen molar-refractivity contribution in [2.24, 2.45) is 10.9 Å². The third kappa shape index (κ3) is 10.7. The van der Waals surface area contributed by atoms with E-state index in [1.807, 2.05) is 0 Å². The van der Waals surface area contributed by atoms with E-state index in [0.717, 1.165) is 64.9 Å². The van der Waals surface area contributed by atoms with Crippen LogP contribution < -0.4 is 10.6 Å². The second-order valence-corrected chi connectivity index (χ2v) is 7.35. The normalized spacial score (nSPS) is 18.0. The van der Waals surface area contributed by atoms with Crippen LogP contribution in [0.4, 0.5) is 0 Å². The molecule has 1 heterocycles. The van der Waals surface area contributed by atoms with Gasteiger partial charge in [-0.3, -0.25) is 9.89 Å². The predicted octanol–water partition coefficient (Wildman–Crippen LogP) is 2.10. The molecule has 0 saturated carbocycles. The van der Waals surface area contributed by atoms with E-state index < -0.39 is 0 Å². The Bertz CT molecular complexity index is 355. The predicted molar refractivity (Wildman–Crippen MR) is 105 cm³/mol. The summed E-state index contributed by atoms with van der Waals surface area (Å²) in [6, 6.07) is 0.489. The third-order valence-corrected chi connectivity index (χ3v) is 4.17. The minimum Gasteiger partial charge on any atom is -0.379 e. The van der Waals surface area contributed by atoms with Gasteiger partial charge in [0.25, 0.3) is 0 Å². The molecule has 25 heavy (non-hydrogen) atoms. The number of guanidine groups is 1. The van der Waals surface area contributed by atoms with Gasteiger partial charge < -0.3 is 20.1 Å². The number of nitrogens with zero attached hydrogens (tertiary/aromatic N) is 2. The molecule has 1 rings (SSSR count). The Morgan fingerprint density at radius 1 is 1.16 bits per heavy atom. The van der Waals surface area contributed by atoms with Crippen LogP contribution in [0.25, 0.3) is 0 Å². The number of morpholine rings is 1. The highest BCUT2D eigenvalue weighted by molar-refractivity contribution is 5.79. The van der Waals surface area contributed by atoms with Crippen LogP contribution in [0.2, 0.25) is 0 Å². The first-order valence-corrected chi connectivity index (χ1v) is 9.98. The van der Waals surface area contributed by atoms with Gasteiger partial charge in [0.2, 0.25) is 0 Å². The largest absolute Gasteiger partial charge is 0.379 e. The molecule has 1 aliphatic heterocycles. The summed E-state index contributed by atoms with van der Waals surface area (Å²) in [5, 5.41) is 6.77. The second kappa shape index (κ2) is 13.4. The van der Waals surface area contributed by atoms with Crippen molar-refractivity contribution in [3.63, 3.8) is 0 Å². The zero-order chi connectivity index (χ0) is 18.5. The second-order valence-electron chi connectivity index (χ2n) is 7.35. The summed E-state index contributed by atoms with van der Waals surface area (Å²) >= 11 is 0. The molecule has 1 atom stereocenters. The zero-order valence-corrected chi connectivity index (χ0v) is 17.0. The molecule has 0 aromatic rings. The highest BCUT2D eigenvalue weighted by Crippen LogP contribution is 2.14. The molecule has 148 valence electrons. The minimum absolute atomic E-state index is 0.298. The van der Waals surface area contributed by atoms with E-state index in [-0.39, 0.29) is 0 Å². The van der Waals surface area contributed by atoms with Crippen molar-refractivity contribution in [1.29, 1.82) is 0 Å². The van der Waals surface area contributed by atoms with E-state index in [9.17, 15) is 0 Å². The molecule has 0 spiro atoms. The Labute approximate surface area is 154 Å². The lowest BCUT2D eigenvalue weighted by Gasteiger charge is -2.34. The molecule has 2 N–H and O–H groups in total. The van der Waals surface area contributed by atoms with Crippen LogP contribution in [0.3, 0.4) is 0 Å². The van der Waals surface area contributed by atoms with Crippen LogP contribution in [0.15, 0.2) is 4.99 Å². The topological polar surface area (TPSA) is 58.1 Å². The quantitative estimate of drug-likeness (QED) is 0.337. The molecule has 1 fully saturated rings. The van der Waals surface area contributed by atoms with Crippen molar-refractivity contribution in [3.05, 3.63) is 0 Å². The summed E-state index contributed by atoms with van der Waals surface area (Å²) in [6.45, 7) is 17.9. The lowest BCUT2D eigenvalue weighted by Crippen LogP contribution is -2.46. The van der Waals surface area contributed by atoms with Gasteiger partial charge in [0.1, 0.15) is 0 Å². The Morgan fingerprint density at radius 3 is 2.48 bits per heavy atom. The molecule has 0 radical (unpaired) electrons. The lowest BCUT2D eigenvalue weighted by molar-refractivity contribution is 0.0143. The summed E-state index contributed by atoms with van der Waals surface area (Å²) < 4.78 is 11.1. The number of ether oxygens (including phenoxy) is 2. The van der Waals surface area contributed by atoms with Crippen LogP contribution in [-0.2, 0) is 9.47 Å². The molecular formula is C19H40N4O2. The van der Waals surface area contributed by atoms with Gasteiger partial charge in [0.15, 0.2) is 5.96 Å². The molecule has 0 aliphatic carbocycles. The molecule has 0 bridgehead atoms. The van der Waals surface area contributed by atoms with Gasteiger partial charge >= 0.3 is 0 Å². The monoisotopic (exact) mass is 356 g/mol. The zero-order valence-electron chi connectivity index (χ0n) is 17.0. The average Bonchev–Trinajstić information content (AvgIpc) is 2.58. The fourth-order valence-electron chi connectivity index (χ4n) is 2.96. The summed E-state index contributed by atoms with van der Waals surface area (Å²) in [4.78, 5) is 7.38. The van der Waals surface area contributed by atoms with Crippen molar-refractivity contribution < 1.29 is 9.47 Å². The Balaban J connectivity index is 2.48. The van der Waals surface area contributed by atoms with Crippen molar-refractivity contribution >= 4 is 5.96 Å². The van der Waals surface area contributed by atoms with E-state index in [2.05, 4.69) is 50.2 Å². The van der Waals surface area contributed by atoms with Gasteiger partial charge in [-0.15, -0.1) is 0 Å². The molecule has 0 aromatic heterocycles. The van der Waals surface area contributed by atoms with E-state index in [1.54, 1.807) is 0 Å². The molecule has 1 unspecified atom stereocenters. The first kappa shape index (κ1) is 22.2. The highest BCUT2D eigenvalue weighted by Gasteiger charge is 2.21. The maximum atomic E-state index is 5.59. The van der Waals surface area contributed by atoms with Crippen molar-refractivity contribution in [1.82, 2.24) is 15.5 Å². The highest BCUT2D eigenvalue weighted by atomic mass is 16.5. The summed E-state index contributed by atoms with van der Waals surface area (Å²) in [7, 11) is 0. The van der Waals surface area contributed by atoms with Crippen molar-refractivity contribution in [2.75, 3.05) is 52.5 Å². The average molecular weight is 357 g/mol. The third-order valence-electron chi connectivity index (χ3n) is 4.17. The maximum Gasteiger partial charge on any atom is 0.191 e. The molecule has 1 aliphatic rings. The number of hydrogen-bond donors (Lipinski definition) is 2. The number of hydrogen-bond acceptors (Lipinski definition) is 4. The van der Waals surface area contributed by atoms with Gasteiger partial charge in [-0.1, -0.05) is 13.8 Å². The van der Waals surface area contributed by atoms with E-state index in [4.69, 9.17) is 14.5 Å². The molecular weight excluding hydrogens is 316 g/mol. The fourth-order valence-corrected chi connectivity index (χ4v) is 2.96. The Hall–Kier alpha value is -0.850. The van der Waals surface area contributed by atoms with Crippen molar-refractivity contribution in [2.45, 2.75) is 59.6 Å². The minimum atomic E-state index is 0.298. The van der Waals surface area contributed by atoms with Crippen LogP contribution in [0.5, 0.6) is 0 Å². The number of rotatable bonds is 11. The summed E-state index contributed by atoms with van der Waals surface area (Å²) in [5.74, 6) is 1.58. The first-order valence-electron chi connectivity index (χ1n) is 9.98. The summed E-state index contributed by atoms with van der Waals surface area (Å²) in [5.41, 5.74) is 0. The molecule has 6 nitrogen and oxygen atoms in total. The van der Waals surface area contributed by atoms with Gasteiger partial charge in [0, 0.05) is 38.8 Å². The van der Waals surface area contributed by atoms with E-state index >= 15 is 0 Å². The van der Waals surface area contributed by atoms with Gasteiger partial charge in [-0.05, 0) is 39.5 Å². The van der Waals surface area contributed by atoms with E-state index in [0.29, 0.717) is 18.1 Å². The maximum absolute atomic E-state index is 5.59. The van der Waals surface area contributed by atoms with Crippen LogP contribution in [0.1, 0.15) is 47.5 Å². The SMILES string of the molecule is CCNC(=NCC(CC(C)C)N1CCOCC1)NCCCOC(C)C. The molecule has 0 aromatic carbocycles. The number of nitrogens with one attached hydrogen (secondary N) is 2. The first-order chi connectivity index (χ1) is 12.0. The molecule has 1 saturated heterocycles. The number of aliphatic imine (C=N–C) groups is 1. The lowest BCUT2D eigenvalue weighted by atomic mass is 10.0. The molecule has 0 amide bonds. The van der Waals surface area contributed by atoms with Crippen LogP contribution >= 0.6 is 0 Å². The standard InChI is InChI=1S/C19H40N4O2/c1-6-20-19(21-8-7-11-25-17(4)5)22-15-18(14-16(2)3)23-9-12-24-13-10-23/h16-18H,6-15H2,1-5H3,(H2,20,21,22). The van der Waals surface area contributed by atoms with Gasteiger partial charge in [-0.2, -0.15) is 0 Å². The van der Waals surface area contributed by atoms with Crippen LogP contribution in [0, 0.1) is 5.92 Å². The Kier molecular flexibility index (Phi) is 11.9. The van der Waals surface area contributed by atoms with Crippen LogP contribution in [-0.4, -0.2) is 75.5 Å². The van der Waals surface area contributed by atoms with Crippen molar-refractivity contribution in [3.8, 4) is 0 Å². The smallest absolute Gasteiger partial charge is 0.191 e. The fraction of sp³-hybridized carbons (Fsp3) is 0.947. The van der Waals surface area contributed by atoms with E-state index in [1.165, 1.54) is 6.42 Å². The summed E-state index contributed by atoms with van der Waals surface area (Å²) in [6.07, 6.45) is 2.46. The Morgan fingerprint density at radius 2 is 1.88 bits per heavy atom. The molecule has 6 heteroatoms. The van der Waals surface area contributed by atoms with Gasteiger partial charge in [-0.25, -0.2) is 0 Å².